The number of benzene rings is 2. The summed E-state index contributed by atoms with van der Waals surface area (Å²) in [6, 6.07) is 14.6. The molecule has 0 atom stereocenters. The first-order valence-electron chi connectivity index (χ1n) is 10.4. The number of thioether (sulfide) groups is 1. The molecule has 1 fully saturated rings. The molecule has 0 unspecified atom stereocenters. The van der Waals surface area contributed by atoms with Crippen molar-refractivity contribution in [3.63, 3.8) is 0 Å². The van der Waals surface area contributed by atoms with Crippen LogP contribution >= 0.6 is 24.0 Å². The van der Waals surface area contributed by atoms with Gasteiger partial charge in [0.05, 0.1) is 16.2 Å². The Balaban J connectivity index is 1.67. The van der Waals surface area contributed by atoms with E-state index in [1.54, 1.807) is 16.7 Å². The Morgan fingerprint density at radius 2 is 1.68 bits per heavy atom. The van der Waals surface area contributed by atoms with Gasteiger partial charge in [0.15, 0.2) is 4.32 Å². The first-order chi connectivity index (χ1) is 16.0. The third kappa shape index (κ3) is 4.50. The molecular weight excluding hydrogens is 479 g/mol. The highest BCUT2D eigenvalue weighted by atomic mass is 32.2. The van der Waals surface area contributed by atoms with Gasteiger partial charge in [0.25, 0.3) is 5.91 Å². The van der Waals surface area contributed by atoms with Crippen molar-refractivity contribution in [2.45, 2.75) is 20.0 Å². The lowest BCUT2D eigenvalue weighted by molar-refractivity contribution is -0.137. The lowest BCUT2D eigenvalue weighted by atomic mass is 10.2. The molecule has 2 heterocycles. The molecule has 0 N–H and O–H groups in total. The van der Waals surface area contributed by atoms with Gasteiger partial charge in [-0.1, -0.05) is 30.0 Å². The Bertz CT molecular complexity index is 1310. The van der Waals surface area contributed by atoms with Gasteiger partial charge in [0, 0.05) is 36.9 Å². The van der Waals surface area contributed by atoms with Crippen LogP contribution in [0.2, 0.25) is 0 Å². The second-order valence-electron chi connectivity index (χ2n) is 8.14. The normalized spacial score (nSPS) is 15.5. The van der Waals surface area contributed by atoms with Crippen LogP contribution in [0.5, 0.6) is 0 Å². The highest BCUT2D eigenvalue weighted by Gasteiger charge is 2.34. The van der Waals surface area contributed by atoms with Crippen LogP contribution in [0.4, 0.5) is 24.5 Å². The summed E-state index contributed by atoms with van der Waals surface area (Å²) in [6.07, 6.45) is -2.67. The molecule has 34 heavy (non-hydrogen) atoms. The van der Waals surface area contributed by atoms with Crippen molar-refractivity contribution in [2.75, 3.05) is 23.9 Å². The van der Waals surface area contributed by atoms with E-state index in [0.29, 0.717) is 20.6 Å². The van der Waals surface area contributed by atoms with Crippen molar-refractivity contribution >= 4 is 51.7 Å². The van der Waals surface area contributed by atoms with Gasteiger partial charge in [-0.15, -0.1) is 0 Å². The summed E-state index contributed by atoms with van der Waals surface area (Å²) in [6.45, 7) is 3.64. The smallest absolute Gasteiger partial charge is 0.378 e. The quantitative estimate of drug-likeness (QED) is 0.298. The van der Waals surface area contributed by atoms with Gasteiger partial charge in [0.2, 0.25) is 0 Å². The van der Waals surface area contributed by atoms with Crippen LogP contribution in [0, 0.1) is 13.8 Å². The van der Waals surface area contributed by atoms with Crippen LogP contribution < -0.4 is 9.80 Å². The van der Waals surface area contributed by atoms with Crippen molar-refractivity contribution in [1.29, 1.82) is 0 Å². The molecule has 0 spiro atoms. The zero-order chi connectivity index (χ0) is 24.8. The Kier molecular flexibility index (Phi) is 6.35. The number of amides is 1. The van der Waals surface area contributed by atoms with E-state index in [4.69, 9.17) is 12.2 Å². The molecule has 1 aliphatic rings. The number of hydrogen-bond donors (Lipinski definition) is 0. The van der Waals surface area contributed by atoms with Crippen LogP contribution in [0.15, 0.2) is 59.5 Å². The molecule has 3 aromatic rings. The topological polar surface area (TPSA) is 28.5 Å². The van der Waals surface area contributed by atoms with Crippen molar-refractivity contribution in [2.24, 2.45) is 0 Å². The molecule has 1 aliphatic heterocycles. The number of aryl methyl sites for hydroxylation is 1. The van der Waals surface area contributed by atoms with Gasteiger partial charge in [-0.2, -0.15) is 13.2 Å². The van der Waals surface area contributed by atoms with E-state index in [0.717, 1.165) is 34.8 Å². The summed E-state index contributed by atoms with van der Waals surface area (Å²) in [5, 5.41) is 0. The van der Waals surface area contributed by atoms with Crippen LogP contribution in [0.3, 0.4) is 0 Å². The number of halogens is 3. The van der Waals surface area contributed by atoms with Gasteiger partial charge < -0.3 is 9.47 Å². The van der Waals surface area contributed by atoms with Crippen molar-refractivity contribution in [3.8, 4) is 5.69 Å². The minimum absolute atomic E-state index is 0.225. The first-order valence-corrected chi connectivity index (χ1v) is 11.6. The van der Waals surface area contributed by atoms with Crippen LogP contribution in [0.25, 0.3) is 11.8 Å². The largest absolute Gasteiger partial charge is 0.416 e. The summed E-state index contributed by atoms with van der Waals surface area (Å²) in [5.74, 6) is -0.225. The maximum atomic E-state index is 13.2. The fraction of sp³-hybridized carbons (Fsp3) is 0.200. The van der Waals surface area contributed by atoms with Gasteiger partial charge in [-0.25, -0.2) is 0 Å². The molecule has 4 rings (SSSR count). The second kappa shape index (κ2) is 8.96. The Morgan fingerprint density at radius 3 is 2.29 bits per heavy atom. The number of hydrogen-bond acceptors (Lipinski definition) is 4. The van der Waals surface area contributed by atoms with Crippen LogP contribution in [-0.2, 0) is 11.0 Å². The van der Waals surface area contributed by atoms with Crippen LogP contribution in [-0.4, -0.2) is 28.9 Å². The maximum Gasteiger partial charge on any atom is 0.416 e. The number of nitrogens with zero attached hydrogens (tertiary/aromatic N) is 3. The van der Waals surface area contributed by atoms with Crippen molar-refractivity contribution < 1.29 is 18.0 Å². The van der Waals surface area contributed by atoms with Gasteiger partial charge in [-0.3, -0.25) is 9.69 Å². The summed E-state index contributed by atoms with van der Waals surface area (Å²) in [5.41, 5.74) is 3.64. The van der Waals surface area contributed by atoms with Gasteiger partial charge in [-0.05, 0) is 74.0 Å². The molecule has 0 radical (unpaired) electrons. The number of thiocarbonyl (C=S) groups is 1. The van der Waals surface area contributed by atoms with E-state index in [9.17, 15) is 18.0 Å². The number of anilines is 2. The Hall–Kier alpha value is -3.04. The molecule has 4 nitrogen and oxygen atoms in total. The Labute approximate surface area is 205 Å². The Morgan fingerprint density at radius 1 is 1.00 bits per heavy atom. The standard InChI is InChI=1S/C25H22F3N3OS2/c1-15-12-17(16(2)30(15)21-7-5-6-18(14-21)25(26,27)28)13-22-23(32)31(24(33)34-22)20-10-8-19(9-11-20)29(3)4/h5-14H,1-4H3. The van der Waals surface area contributed by atoms with Crippen LogP contribution in [0.1, 0.15) is 22.5 Å². The lowest BCUT2D eigenvalue weighted by Crippen LogP contribution is -2.27. The number of aromatic nitrogens is 1. The molecule has 9 heteroatoms. The molecule has 176 valence electrons. The molecule has 0 bridgehead atoms. The molecular formula is C25H22F3N3OS2. The monoisotopic (exact) mass is 501 g/mol. The van der Waals surface area contributed by atoms with E-state index in [1.807, 2.05) is 63.2 Å². The molecule has 1 aromatic heterocycles. The second-order valence-corrected chi connectivity index (χ2v) is 9.81. The van der Waals surface area contributed by atoms with Crippen molar-refractivity contribution in [3.05, 3.63) is 82.0 Å². The average Bonchev–Trinajstić information content (AvgIpc) is 3.21. The highest BCUT2D eigenvalue weighted by molar-refractivity contribution is 8.27. The predicted molar refractivity (Wildman–Crippen MR) is 137 cm³/mol. The average molecular weight is 502 g/mol. The predicted octanol–water partition coefficient (Wildman–Crippen LogP) is 6.58. The summed E-state index contributed by atoms with van der Waals surface area (Å²) >= 11 is 6.68. The van der Waals surface area contributed by atoms with E-state index in [1.165, 1.54) is 22.7 Å². The lowest BCUT2D eigenvalue weighted by Gasteiger charge is -2.17. The SMILES string of the molecule is Cc1cc(C=C2SC(=S)N(c3ccc(N(C)C)cc3)C2=O)c(C)n1-c1cccc(C(F)(F)F)c1. The number of carbonyl (C=O) groups excluding carboxylic acids is 1. The molecule has 1 saturated heterocycles. The summed E-state index contributed by atoms with van der Waals surface area (Å²) in [7, 11) is 3.88. The summed E-state index contributed by atoms with van der Waals surface area (Å²) in [4.78, 5) is 17.1. The fourth-order valence-corrected chi connectivity index (χ4v) is 5.17. The molecule has 1 amide bonds. The number of alkyl halides is 3. The summed E-state index contributed by atoms with van der Waals surface area (Å²) < 4.78 is 41.8. The van der Waals surface area contributed by atoms with E-state index >= 15 is 0 Å². The van der Waals surface area contributed by atoms with Gasteiger partial charge >= 0.3 is 6.18 Å². The zero-order valence-corrected chi connectivity index (χ0v) is 20.6. The molecule has 2 aromatic carbocycles. The number of carbonyl (C=O) groups is 1. The van der Waals surface area contributed by atoms with E-state index in [2.05, 4.69) is 0 Å². The fourth-order valence-electron chi connectivity index (χ4n) is 3.88. The minimum Gasteiger partial charge on any atom is -0.378 e. The number of rotatable bonds is 4. The molecule has 0 saturated carbocycles. The van der Waals surface area contributed by atoms with E-state index in [-0.39, 0.29) is 5.91 Å². The maximum absolute atomic E-state index is 13.2. The third-order valence-corrected chi connectivity index (χ3v) is 6.91. The first kappa shape index (κ1) is 24.1. The highest BCUT2D eigenvalue weighted by Crippen LogP contribution is 2.38. The van der Waals surface area contributed by atoms with Crippen molar-refractivity contribution in [1.82, 2.24) is 4.57 Å². The third-order valence-electron chi connectivity index (χ3n) is 5.61. The minimum atomic E-state index is -4.42. The van der Waals surface area contributed by atoms with Gasteiger partial charge in [0.1, 0.15) is 0 Å². The van der Waals surface area contributed by atoms with E-state index < -0.39 is 11.7 Å². The molecule has 0 aliphatic carbocycles. The zero-order valence-electron chi connectivity index (χ0n) is 19.0.